The highest BCUT2D eigenvalue weighted by molar-refractivity contribution is 5.96. The van der Waals surface area contributed by atoms with Gasteiger partial charge in [0.1, 0.15) is 5.75 Å². The Hall–Kier alpha value is -2.92. The molecule has 146 valence electrons. The van der Waals surface area contributed by atoms with E-state index in [9.17, 15) is 9.90 Å². The number of amides is 1. The summed E-state index contributed by atoms with van der Waals surface area (Å²) in [5.41, 5.74) is 7.40. The normalized spacial score (nSPS) is 14.9. The first kappa shape index (κ1) is 19.8. The van der Waals surface area contributed by atoms with Crippen LogP contribution in [0, 0.1) is 13.8 Å². The average Bonchev–Trinajstić information content (AvgIpc) is 2.96. The number of nitrogens with one attached hydrogen (secondary N) is 1. The summed E-state index contributed by atoms with van der Waals surface area (Å²) in [5, 5.41) is 11.0. The van der Waals surface area contributed by atoms with Crippen LogP contribution in [0.1, 0.15) is 57.8 Å². The lowest BCUT2D eigenvalue weighted by atomic mass is 9.83. The predicted molar refractivity (Wildman–Crippen MR) is 111 cm³/mol. The van der Waals surface area contributed by atoms with E-state index in [0.717, 1.165) is 36.1 Å². The van der Waals surface area contributed by atoms with Gasteiger partial charge in [-0.05, 0) is 55.9 Å². The molecule has 1 heterocycles. The number of rotatable bonds is 5. The zero-order chi connectivity index (χ0) is 20.1. The summed E-state index contributed by atoms with van der Waals surface area (Å²) in [5.74, 6) is -0.798. The molecule has 0 aliphatic carbocycles. The number of hydroxylamine groups is 1. The number of hydrogen-bond acceptors (Lipinski definition) is 4. The number of benzene rings is 2. The van der Waals surface area contributed by atoms with E-state index in [1.807, 2.05) is 18.3 Å². The highest BCUT2D eigenvalue weighted by atomic mass is 16.6. The number of nitrogens with zero attached hydrogens (tertiary/aromatic N) is 1. The lowest BCUT2D eigenvalue weighted by molar-refractivity contribution is 0.0535. The Morgan fingerprint density at radius 1 is 1.14 bits per heavy atom. The fourth-order valence-corrected chi connectivity index (χ4v) is 3.57. The van der Waals surface area contributed by atoms with Gasteiger partial charge >= 0.3 is 0 Å². The van der Waals surface area contributed by atoms with Gasteiger partial charge in [-0.25, -0.2) is 5.48 Å². The van der Waals surface area contributed by atoms with Gasteiger partial charge in [-0.3, -0.25) is 14.6 Å². The maximum Gasteiger partial charge on any atom is 0.278 e. The van der Waals surface area contributed by atoms with E-state index in [0.29, 0.717) is 5.56 Å². The van der Waals surface area contributed by atoms with Crippen LogP contribution in [-0.2, 0) is 4.84 Å². The van der Waals surface area contributed by atoms with Gasteiger partial charge < -0.3 is 5.11 Å². The van der Waals surface area contributed by atoms with Crippen LogP contribution in [0.2, 0.25) is 0 Å². The standard InChI is InChI=1S/C23H26N2O3/c1-15-9-7-10-17(16(15)2)21(20-13-5-4-6-14-24-20)18-11-8-12-19(22(18)26)23(27)25-28-3/h7-14,21,26H,4-6H2,1-3H3,(H,25,27). The lowest BCUT2D eigenvalue weighted by Crippen LogP contribution is -2.22. The number of hydrogen-bond donors (Lipinski definition) is 2. The first-order valence-electron chi connectivity index (χ1n) is 9.48. The second kappa shape index (κ2) is 8.85. The SMILES string of the molecule is CONC(=O)c1cccc(C(C2=CCCCC=N2)c2cccc(C)c2C)c1O. The van der Waals surface area contributed by atoms with E-state index in [1.54, 1.807) is 12.1 Å². The molecule has 28 heavy (non-hydrogen) atoms. The average molecular weight is 378 g/mol. The molecular formula is C23H26N2O3. The number of phenolic OH excluding ortho intramolecular Hbond substituents is 1. The summed E-state index contributed by atoms with van der Waals surface area (Å²) >= 11 is 0. The Labute approximate surface area is 165 Å². The number of aliphatic imine (C=N–C) groups is 1. The first-order chi connectivity index (χ1) is 13.5. The van der Waals surface area contributed by atoms with Crippen LogP contribution in [0.25, 0.3) is 0 Å². The van der Waals surface area contributed by atoms with Crippen molar-refractivity contribution in [1.29, 1.82) is 0 Å². The third-order valence-corrected chi connectivity index (χ3v) is 5.20. The Balaban J connectivity index is 2.20. The van der Waals surface area contributed by atoms with Crippen LogP contribution >= 0.6 is 0 Å². The van der Waals surface area contributed by atoms with Crippen LogP contribution in [0.4, 0.5) is 0 Å². The number of allylic oxidation sites excluding steroid dienone is 2. The maximum absolute atomic E-state index is 12.3. The van der Waals surface area contributed by atoms with Gasteiger partial charge in [0.05, 0.1) is 18.6 Å². The highest BCUT2D eigenvalue weighted by Crippen LogP contribution is 2.41. The zero-order valence-electron chi connectivity index (χ0n) is 16.5. The number of aryl methyl sites for hydroxylation is 1. The molecule has 0 saturated heterocycles. The molecule has 1 aliphatic rings. The Bertz CT molecular complexity index is 931. The highest BCUT2D eigenvalue weighted by Gasteiger charge is 2.26. The second-order valence-corrected chi connectivity index (χ2v) is 6.97. The number of carbonyl (C=O) groups excluding carboxylic acids is 1. The quantitative estimate of drug-likeness (QED) is 0.749. The van der Waals surface area contributed by atoms with Crippen molar-refractivity contribution >= 4 is 12.1 Å². The van der Waals surface area contributed by atoms with Crippen molar-refractivity contribution in [3.63, 3.8) is 0 Å². The van der Waals surface area contributed by atoms with Gasteiger partial charge in [-0.2, -0.15) is 0 Å². The van der Waals surface area contributed by atoms with Crippen molar-refractivity contribution in [2.24, 2.45) is 4.99 Å². The van der Waals surface area contributed by atoms with Gasteiger partial charge in [0.15, 0.2) is 0 Å². The molecule has 5 nitrogen and oxygen atoms in total. The largest absolute Gasteiger partial charge is 0.507 e. The summed E-state index contributed by atoms with van der Waals surface area (Å²) in [4.78, 5) is 21.7. The predicted octanol–water partition coefficient (Wildman–Crippen LogP) is 4.57. The minimum atomic E-state index is -0.486. The molecule has 0 aromatic heterocycles. The van der Waals surface area contributed by atoms with Crippen LogP contribution in [0.15, 0.2) is 53.2 Å². The van der Waals surface area contributed by atoms with E-state index < -0.39 is 5.91 Å². The molecule has 1 aliphatic heterocycles. The molecule has 2 N–H and O–H groups in total. The van der Waals surface area contributed by atoms with Gasteiger partial charge in [-0.15, -0.1) is 0 Å². The monoisotopic (exact) mass is 378 g/mol. The molecule has 0 bridgehead atoms. The second-order valence-electron chi connectivity index (χ2n) is 6.97. The molecule has 0 radical (unpaired) electrons. The van der Waals surface area contributed by atoms with Crippen LogP contribution in [0.3, 0.4) is 0 Å². The van der Waals surface area contributed by atoms with Gasteiger partial charge in [-0.1, -0.05) is 36.4 Å². The van der Waals surface area contributed by atoms with Crippen LogP contribution in [-0.4, -0.2) is 24.3 Å². The van der Waals surface area contributed by atoms with Crippen molar-refractivity contribution in [3.8, 4) is 5.75 Å². The number of phenols is 1. The third-order valence-electron chi connectivity index (χ3n) is 5.20. The van der Waals surface area contributed by atoms with E-state index in [4.69, 9.17) is 9.83 Å². The minimum Gasteiger partial charge on any atom is -0.507 e. The first-order valence-corrected chi connectivity index (χ1v) is 9.48. The molecule has 3 rings (SSSR count). The van der Waals surface area contributed by atoms with E-state index in [2.05, 4.69) is 37.5 Å². The molecule has 0 saturated carbocycles. The summed E-state index contributed by atoms with van der Waals surface area (Å²) in [7, 11) is 1.36. The molecule has 1 unspecified atom stereocenters. The summed E-state index contributed by atoms with van der Waals surface area (Å²) in [6, 6.07) is 11.4. The fraction of sp³-hybridized carbons (Fsp3) is 0.304. The number of aromatic hydroxyl groups is 1. The van der Waals surface area contributed by atoms with Crippen molar-refractivity contribution in [3.05, 3.63) is 76.0 Å². The van der Waals surface area contributed by atoms with Gasteiger partial charge in [0.25, 0.3) is 5.91 Å². The van der Waals surface area contributed by atoms with E-state index in [1.165, 1.54) is 12.7 Å². The summed E-state index contributed by atoms with van der Waals surface area (Å²) in [6.45, 7) is 4.15. The molecule has 2 aromatic rings. The third kappa shape index (κ3) is 3.99. The van der Waals surface area contributed by atoms with Crippen LogP contribution < -0.4 is 5.48 Å². The number of carbonyl (C=O) groups is 1. The molecule has 1 atom stereocenters. The Morgan fingerprint density at radius 2 is 1.89 bits per heavy atom. The van der Waals surface area contributed by atoms with E-state index >= 15 is 0 Å². The van der Waals surface area contributed by atoms with Gasteiger partial charge in [0.2, 0.25) is 0 Å². The van der Waals surface area contributed by atoms with Crippen molar-refractivity contribution in [2.75, 3.05) is 7.11 Å². The molecule has 0 spiro atoms. The molecule has 0 fully saturated rings. The zero-order valence-corrected chi connectivity index (χ0v) is 16.5. The Kier molecular flexibility index (Phi) is 6.26. The Morgan fingerprint density at radius 3 is 2.68 bits per heavy atom. The molecule has 5 heteroatoms. The topological polar surface area (TPSA) is 70.9 Å². The minimum absolute atomic E-state index is 0.0525. The molecule has 2 aromatic carbocycles. The maximum atomic E-state index is 12.3. The molecular weight excluding hydrogens is 352 g/mol. The fourth-order valence-electron chi connectivity index (χ4n) is 3.57. The van der Waals surface area contributed by atoms with Crippen molar-refractivity contribution in [1.82, 2.24) is 5.48 Å². The summed E-state index contributed by atoms with van der Waals surface area (Å²) in [6.07, 6.45) is 6.99. The smallest absolute Gasteiger partial charge is 0.278 e. The van der Waals surface area contributed by atoms with Gasteiger partial charge in [0, 0.05) is 17.5 Å². The van der Waals surface area contributed by atoms with Crippen molar-refractivity contribution in [2.45, 2.75) is 39.0 Å². The lowest BCUT2D eigenvalue weighted by Gasteiger charge is -2.23. The number of para-hydroxylation sites is 1. The van der Waals surface area contributed by atoms with Crippen LogP contribution in [0.5, 0.6) is 5.75 Å². The summed E-state index contributed by atoms with van der Waals surface area (Å²) < 4.78 is 0. The van der Waals surface area contributed by atoms with E-state index in [-0.39, 0.29) is 17.2 Å². The molecule has 1 amide bonds. The van der Waals surface area contributed by atoms with Crippen molar-refractivity contribution < 1.29 is 14.7 Å².